The second-order valence-corrected chi connectivity index (χ2v) is 14.4. The SMILES string of the molecule is CCCCC/C=C/C/C=C/C/C=C/C/C=C/CCCCCC(=O)O[C@@H](CO)COC(=O)CCCCCCCCCCCCCCCCCCCC. The zero-order valence-electron chi connectivity index (χ0n) is 33.6. The number of carbonyl (C=O) groups is 2. The molecule has 0 saturated carbocycles. The number of aliphatic hydroxyl groups excluding tert-OH is 1. The van der Waals surface area contributed by atoms with E-state index < -0.39 is 6.10 Å². The van der Waals surface area contributed by atoms with Gasteiger partial charge in [-0.25, -0.2) is 0 Å². The Bertz CT molecular complexity index is 858. The average Bonchev–Trinajstić information content (AvgIpc) is 3.13. The normalized spacial score (nSPS) is 12.6. The topological polar surface area (TPSA) is 72.8 Å². The van der Waals surface area contributed by atoms with E-state index in [-0.39, 0.29) is 25.2 Å². The van der Waals surface area contributed by atoms with E-state index in [1.165, 1.54) is 122 Å². The Hall–Kier alpha value is -2.14. The first kappa shape index (κ1) is 48.9. The van der Waals surface area contributed by atoms with Crippen molar-refractivity contribution < 1.29 is 24.2 Å². The number of carbonyl (C=O) groups excluding carboxylic acids is 2. The molecule has 0 spiro atoms. The summed E-state index contributed by atoms with van der Waals surface area (Å²) < 4.78 is 10.6. The van der Waals surface area contributed by atoms with Gasteiger partial charge in [0.25, 0.3) is 0 Å². The Labute approximate surface area is 316 Å². The van der Waals surface area contributed by atoms with Crippen LogP contribution in [-0.4, -0.2) is 36.4 Å². The molecular weight excluding hydrogens is 633 g/mol. The number of hydrogen-bond donors (Lipinski definition) is 1. The van der Waals surface area contributed by atoms with Crippen LogP contribution in [0.3, 0.4) is 0 Å². The highest BCUT2D eigenvalue weighted by Crippen LogP contribution is 2.15. The molecule has 0 radical (unpaired) electrons. The van der Waals surface area contributed by atoms with Gasteiger partial charge in [0.05, 0.1) is 6.61 Å². The van der Waals surface area contributed by atoms with Gasteiger partial charge in [0.2, 0.25) is 0 Å². The molecule has 0 aromatic carbocycles. The number of ether oxygens (including phenoxy) is 2. The molecule has 0 aromatic rings. The number of hydrogen-bond acceptors (Lipinski definition) is 5. The summed E-state index contributed by atoms with van der Waals surface area (Å²) in [5.74, 6) is -0.621. The number of rotatable bonds is 39. The van der Waals surface area contributed by atoms with Crippen molar-refractivity contribution in [2.24, 2.45) is 0 Å². The Morgan fingerprint density at radius 3 is 1.22 bits per heavy atom. The van der Waals surface area contributed by atoms with Crippen LogP contribution in [0.25, 0.3) is 0 Å². The maximum atomic E-state index is 12.2. The number of esters is 2. The molecule has 1 atom stereocenters. The smallest absolute Gasteiger partial charge is 0.306 e. The van der Waals surface area contributed by atoms with E-state index in [4.69, 9.17) is 9.47 Å². The lowest BCUT2D eigenvalue weighted by atomic mass is 10.0. The molecular formula is C46H82O5. The largest absolute Gasteiger partial charge is 0.462 e. The molecule has 0 fully saturated rings. The van der Waals surface area contributed by atoms with Gasteiger partial charge in [-0.2, -0.15) is 0 Å². The lowest BCUT2D eigenvalue weighted by Gasteiger charge is -2.15. The van der Waals surface area contributed by atoms with Gasteiger partial charge >= 0.3 is 11.9 Å². The van der Waals surface area contributed by atoms with Gasteiger partial charge in [-0.3, -0.25) is 9.59 Å². The molecule has 0 bridgehead atoms. The summed E-state index contributed by atoms with van der Waals surface area (Å²) >= 11 is 0. The third kappa shape index (κ3) is 40.5. The fraction of sp³-hybridized carbons (Fsp3) is 0.783. The highest BCUT2D eigenvalue weighted by Gasteiger charge is 2.16. The van der Waals surface area contributed by atoms with Crippen molar-refractivity contribution in [3.63, 3.8) is 0 Å². The molecule has 0 aliphatic rings. The van der Waals surface area contributed by atoms with E-state index in [2.05, 4.69) is 62.5 Å². The van der Waals surface area contributed by atoms with Gasteiger partial charge in [-0.1, -0.05) is 191 Å². The van der Waals surface area contributed by atoms with Crippen molar-refractivity contribution in [2.45, 2.75) is 219 Å². The summed E-state index contributed by atoms with van der Waals surface area (Å²) in [7, 11) is 0. The standard InChI is InChI=1S/C46H82O5/c1-3-5-7-9-11-13-15-17-19-21-23-25-27-29-31-33-35-37-39-41-46(49)51-44(42-47)43-50-45(48)40-38-36-34-32-30-28-26-24-22-20-18-16-14-12-10-8-6-4-2/h11,13,17,19,23,25,29,31,44,47H,3-10,12,14-16,18,20-22,24,26-28,30,32-43H2,1-2H3/b13-11+,19-17+,25-23+,31-29+/t44-/m0/s1. The number of allylic oxidation sites excluding steroid dienone is 8. The Morgan fingerprint density at radius 1 is 0.451 bits per heavy atom. The second-order valence-electron chi connectivity index (χ2n) is 14.4. The quantitative estimate of drug-likeness (QED) is 0.0390. The molecule has 0 amide bonds. The van der Waals surface area contributed by atoms with E-state index in [1.54, 1.807) is 0 Å². The van der Waals surface area contributed by atoms with Gasteiger partial charge in [-0.15, -0.1) is 0 Å². The molecule has 0 aliphatic carbocycles. The second kappa shape index (κ2) is 42.3. The van der Waals surface area contributed by atoms with Crippen LogP contribution in [0.5, 0.6) is 0 Å². The fourth-order valence-electron chi connectivity index (χ4n) is 6.07. The van der Waals surface area contributed by atoms with Crippen LogP contribution < -0.4 is 0 Å². The number of aliphatic hydroxyl groups is 1. The van der Waals surface area contributed by atoms with Gasteiger partial charge in [0, 0.05) is 12.8 Å². The van der Waals surface area contributed by atoms with E-state index in [0.717, 1.165) is 64.2 Å². The average molecular weight is 715 g/mol. The van der Waals surface area contributed by atoms with Gasteiger partial charge in [-0.05, 0) is 57.8 Å². The lowest BCUT2D eigenvalue weighted by Crippen LogP contribution is -2.28. The Morgan fingerprint density at radius 2 is 0.784 bits per heavy atom. The predicted molar refractivity (Wildman–Crippen MR) is 219 cm³/mol. The molecule has 0 saturated heterocycles. The molecule has 5 heteroatoms. The van der Waals surface area contributed by atoms with Gasteiger partial charge < -0.3 is 14.6 Å². The molecule has 0 rings (SSSR count). The molecule has 0 heterocycles. The van der Waals surface area contributed by atoms with Crippen LogP contribution in [0, 0.1) is 0 Å². The van der Waals surface area contributed by atoms with Crippen molar-refractivity contribution in [1.29, 1.82) is 0 Å². The van der Waals surface area contributed by atoms with Crippen molar-refractivity contribution in [3.8, 4) is 0 Å². The van der Waals surface area contributed by atoms with Crippen molar-refractivity contribution in [3.05, 3.63) is 48.6 Å². The summed E-state index contributed by atoms with van der Waals surface area (Å²) in [6.07, 6.45) is 53.2. The van der Waals surface area contributed by atoms with Crippen LogP contribution in [0.1, 0.15) is 213 Å². The molecule has 0 aliphatic heterocycles. The monoisotopic (exact) mass is 715 g/mol. The fourth-order valence-corrected chi connectivity index (χ4v) is 6.07. The lowest BCUT2D eigenvalue weighted by molar-refractivity contribution is -0.161. The Kier molecular flexibility index (Phi) is 40.5. The van der Waals surface area contributed by atoms with E-state index >= 15 is 0 Å². The minimum absolute atomic E-state index is 0.0772. The molecule has 0 aromatic heterocycles. The number of unbranched alkanes of at least 4 members (excludes halogenated alkanes) is 23. The summed E-state index contributed by atoms with van der Waals surface area (Å²) in [6.45, 7) is 4.10. The van der Waals surface area contributed by atoms with Gasteiger partial charge in [0.1, 0.15) is 6.61 Å². The summed E-state index contributed by atoms with van der Waals surface area (Å²) in [5, 5.41) is 9.57. The first-order valence-electron chi connectivity index (χ1n) is 21.7. The minimum Gasteiger partial charge on any atom is -0.462 e. The highest BCUT2D eigenvalue weighted by atomic mass is 16.6. The maximum absolute atomic E-state index is 12.2. The third-order valence-corrected chi connectivity index (χ3v) is 9.38. The molecule has 5 nitrogen and oxygen atoms in total. The van der Waals surface area contributed by atoms with E-state index in [0.29, 0.717) is 12.8 Å². The van der Waals surface area contributed by atoms with Gasteiger partial charge in [0.15, 0.2) is 6.10 Å². The van der Waals surface area contributed by atoms with Crippen molar-refractivity contribution in [1.82, 2.24) is 0 Å². The molecule has 1 N–H and O–H groups in total. The summed E-state index contributed by atoms with van der Waals surface area (Å²) in [4.78, 5) is 24.3. The third-order valence-electron chi connectivity index (χ3n) is 9.38. The highest BCUT2D eigenvalue weighted by molar-refractivity contribution is 5.70. The van der Waals surface area contributed by atoms with Crippen LogP contribution in [0.2, 0.25) is 0 Å². The first-order chi connectivity index (χ1) is 25.1. The molecule has 0 unspecified atom stereocenters. The van der Waals surface area contributed by atoms with E-state index in [1.807, 2.05) is 0 Å². The van der Waals surface area contributed by atoms with E-state index in [9.17, 15) is 14.7 Å². The van der Waals surface area contributed by atoms with Crippen LogP contribution in [0.4, 0.5) is 0 Å². The molecule has 51 heavy (non-hydrogen) atoms. The van der Waals surface area contributed by atoms with Crippen molar-refractivity contribution in [2.75, 3.05) is 13.2 Å². The van der Waals surface area contributed by atoms with Crippen LogP contribution in [0.15, 0.2) is 48.6 Å². The van der Waals surface area contributed by atoms with Crippen LogP contribution in [-0.2, 0) is 19.1 Å². The van der Waals surface area contributed by atoms with Crippen LogP contribution >= 0.6 is 0 Å². The van der Waals surface area contributed by atoms with Crippen molar-refractivity contribution >= 4 is 11.9 Å². The summed E-state index contributed by atoms with van der Waals surface area (Å²) in [6, 6.07) is 0. The summed E-state index contributed by atoms with van der Waals surface area (Å²) in [5.41, 5.74) is 0. The zero-order chi connectivity index (χ0) is 37.1. The first-order valence-corrected chi connectivity index (χ1v) is 21.7. The zero-order valence-corrected chi connectivity index (χ0v) is 33.6. The Balaban J connectivity index is 3.59. The molecule has 296 valence electrons. The maximum Gasteiger partial charge on any atom is 0.306 e. The predicted octanol–water partition coefficient (Wildman–Crippen LogP) is 13.8. The minimum atomic E-state index is -0.787.